The molecule has 0 spiro atoms. The number of carbonyl (C=O) groups is 1. The van der Waals surface area contributed by atoms with Gasteiger partial charge in [-0.15, -0.1) is 0 Å². The molecule has 31 heavy (non-hydrogen) atoms. The van der Waals surface area contributed by atoms with Crippen molar-refractivity contribution in [3.05, 3.63) is 88.0 Å². The molecule has 0 aliphatic carbocycles. The van der Waals surface area contributed by atoms with Crippen LogP contribution in [0.2, 0.25) is 0 Å². The number of carbonyl (C=O) groups excluding carboxylic acids is 1. The smallest absolute Gasteiger partial charge is 0.366 e. The van der Waals surface area contributed by atoms with Crippen molar-refractivity contribution < 1.29 is 19.2 Å². The molecular weight excluding hydrogens is 398 g/mol. The zero-order chi connectivity index (χ0) is 21.8. The quantitative estimate of drug-likeness (QED) is 0.323. The van der Waals surface area contributed by atoms with Crippen LogP contribution < -0.4 is 14.4 Å². The number of anilines is 1. The van der Waals surface area contributed by atoms with Crippen LogP contribution in [0.1, 0.15) is 23.7 Å². The van der Waals surface area contributed by atoms with E-state index in [1.54, 1.807) is 0 Å². The van der Waals surface area contributed by atoms with E-state index in [1.807, 2.05) is 61.5 Å². The Hall–Kier alpha value is -3.94. The fourth-order valence-electron chi connectivity index (χ4n) is 3.41. The van der Waals surface area contributed by atoms with Crippen LogP contribution in [0.3, 0.4) is 0 Å². The number of nitrogens with zero attached hydrogens (tertiary/aromatic N) is 3. The third-order valence-electron chi connectivity index (χ3n) is 4.89. The van der Waals surface area contributed by atoms with Crippen molar-refractivity contribution in [3.8, 4) is 11.5 Å². The van der Waals surface area contributed by atoms with E-state index in [0.29, 0.717) is 30.9 Å². The van der Waals surface area contributed by atoms with E-state index in [4.69, 9.17) is 9.47 Å². The van der Waals surface area contributed by atoms with E-state index in [-0.39, 0.29) is 17.5 Å². The molecule has 2 aromatic carbocycles. The van der Waals surface area contributed by atoms with Gasteiger partial charge in [0.25, 0.3) is 11.7 Å². The van der Waals surface area contributed by atoms with Crippen molar-refractivity contribution in [1.29, 1.82) is 0 Å². The molecule has 2 heterocycles. The first kappa shape index (κ1) is 20.3. The van der Waals surface area contributed by atoms with Crippen LogP contribution in [0.4, 0.5) is 11.6 Å². The van der Waals surface area contributed by atoms with Gasteiger partial charge in [0.1, 0.15) is 5.75 Å². The number of ether oxygens (including phenoxy) is 2. The average molecular weight is 419 g/mol. The number of hydrogen-bond acceptors (Lipinski definition) is 6. The van der Waals surface area contributed by atoms with Gasteiger partial charge in [0.15, 0.2) is 5.75 Å². The second-order valence-corrected chi connectivity index (χ2v) is 7.17. The first-order chi connectivity index (χ1) is 15.0. The highest BCUT2D eigenvalue weighted by atomic mass is 16.6. The van der Waals surface area contributed by atoms with Gasteiger partial charge in [-0.2, -0.15) is 0 Å². The Morgan fingerprint density at radius 1 is 1.13 bits per heavy atom. The summed E-state index contributed by atoms with van der Waals surface area (Å²) in [5.74, 6) is 0.585. The number of amides is 1. The molecule has 8 heteroatoms. The van der Waals surface area contributed by atoms with E-state index in [0.717, 1.165) is 11.3 Å². The maximum absolute atomic E-state index is 13.2. The van der Waals surface area contributed by atoms with E-state index in [2.05, 4.69) is 4.98 Å². The van der Waals surface area contributed by atoms with E-state index < -0.39 is 11.0 Å². The molecule has 8 nitrogen and oxygen atoms in total. The van der Waals surface area contributed by atoms with Gasteiger partial charge in [0, 0.05) is 18.2 Å². The summed E-state index contributed by atoms with van der Waals surface area (Å²) in [6.45, 7) is 2.66. The molecule has 0 N–H and O–H groups in total. The highest BCUT2D eigenvalue weighted by molar-refractivity contribution is 5.99. The molecule has 3 aromatic rings. The summed E-state index contributed by atoms with van der Waals surface area (Å²) in [4.78, 5) is 29.3. The first-order valence-corrected chi connectivity index (χ1v) is 9.91. The second-order valence-electron chi connectivity index (χ2n) is 7.17. The average Bonchev–Trinajstić information content (AvgIpc) is 2.78. The van der Waals surface area contributed by atoms with Crippen LogP contribution in [0.15, 0.2) is 66.7 Å². The first-order valence-electron chi connectivity index (χ1n) is 9.91. The normalized spacial score (nSPS) is 15.2. The number of aryl methyl sites for hydroxylation is 1. The summed E-state index contributed by atoms with van der Waals surface area (Å²) in [5.41, 5.74) is 1.80. The van der Waals surface area contributed by atoms with Crippen molar-refractivity contribution in [2.24, 2.45) is 0 Å². The Morgan fingerprint density at radius 3 is 2.68 bits per heavy atom. The third-order valence-corrected chi connectivity index (χ3v) is 4.89. The van der Waals surface area contributed by atoms with E-state index in [1.165, 1.54) is 17.0 Å². The summed E-state index contributed by atoms with van der Waals surface area (Å²) in [7, 11) is 0. The molecule has 0 saturated carbocycles. The molecule has 4 rings (SSSR count). The lowest BCUT2D eigenvalue weighted by molar-refractivity contribution is -0.389. The largest absolute Gasteiger partial charge is 0.494 e. The Bertz CT molecular complexity index is 1100. The number of pyridine rings is 1. The Balaban J connectivity index is 1.55. The molecule has 0 fully saturated rings. The van der Waals surface area contributed by atoms with Gasteiger partial charge < -0.3 is 19.6 Å². The van der Waals surface area contributed by atoms with Crippen molar-refractivity contribution >= 4 is 17.5 Å². The number of rotatable bonds is 7. The summed E-state index contributed by atoms with van der Waals surface area (Å²) < 4.78 is 11.7. The lowest BCUT2D eigenvalue weighted by Gasteiger charge is -2.31. The number of benzene rings is 2. The molecule has 1 unspecified atom stereocenters. The number of nitro groups is 1. The minimum absolute atomic E-state index is 0.155. The molecule has 0 bridgehead atoms. The fraction of sp³-hybridized carbons (Fsp3) is 0.217. The number of hydrogen-bond donors (Lipinski definition) is 0. The van der Waals surface area contributed by atoms with Crippen LogP contribution >= 0.6 is 0 Å². The number of fused-ring (bicyclic) bond motifs is 1. The maximum Gasteiger partial charge on any atom is 0.366 e. The van der Waals surface area contributed by atoms with Gasteiger partial charge in [-0.25, -0.2) is 0 Å². The summed E-state index contributed by atoms with van der Waals surface area (Å²) in [6, 6.07) is 19.6. The van der Waals surface area contributed by atoms with Crippen LogP contribution in [-0.2, 0) is 4.79 Å². The van der Waals surface area contributed by atoms with Crippen molar-refractivity contribution in [2.45, 2.75) is 19.4 Å². The Morgan fingerprint density at radius 2 is 1.94 bits per heavy atom. The lowest BCUT2D eigenvalue weighted by atomic mass is 10.1. The van der Waals surface area contributed by atoms with Gasteiger partial charge in [-0.05, 0) is 47.0 Å². The molecule has 158 valence electrons. The topological polar surface area (TPSA) is 94.8 Å². The predicted molar refractivity (Wildman–Crippen MR) is 114 cm³/mol. The highest BCUT2D eigenvalue weighted by Gasteiger charge is 2.39. The molecule has 0 radical (unpaired) electrons. The maximum atomic E-state index is 13.2. The van der Waals surface area contributed by atoms with Gasteiger partial charge in [-0.3, -0.25) is 9.69 Å². The molecule has 1 aliphatic rings. The predicted octanol–water partition coefficient (Wildman–Crippen LogP) is 4.23. The van der Waals surface area contributed by atoms with Crippen molar-refractivity contribution in [2.75, 3.05) is 18.1 Å². The minimum Gasteiger partial charge on any atom is -0.494 e. The molecule has 1 aromatic heterocycles. The zero-order valence-corrected chi connectivity index (χ0v) is 16.9. The highest BCUT2D eigenvalue weighted by Crippen LogP contribution is 2.38. The van der Waals surface area contributed by atoms with Gasteiger partial charge in [-0.1, -0.05) is 42.5 Å². The van der Waals surface area contributed by atoms with E-state index >= 15 is 0 Å². The fourth-order valence-corrected chi connectivity index (χ4v) is 3.41. The molecular formula is C23H21N3O5. The van der Waals surface area contributed by atoms with Crippen molar-refractivity contribution in [3.63, 3.8) is 0 Å². The second kappa shape index (κ2) is 8.83. The molecule has 1 aliphatic heterocycles. The van der Waals surface area contributed by atoms with Gasteiger partial charge in [0.2, 0.25) is 6.10 Å². The van der Waals surface area contributed by atoms with Gasteiger partial charge >= 0.3 is 5.82 Å². The Kier molecular flexibility index (Phi) is 5.79. The lowest BCUT2D eigenvalue weighted by Crippen LogP contribution is -2.42. The van der Waals surface area contributed by atoms with Crippen molar-refractivity contribution in [1.82, 2.24) is 4.98 Å². The van der Waals surface area contributed by atoms with Crippen LogP contribution in [-0.4, -0.2) is 29.0 Å². The molecule has 1 amide bonds. The van der Waals surface area contributed by atoms with Gasteiger partial charge in [0.05, 0.1) is 6.61 Å². The Labute approximate surface area is 179 Å². The van der Waals surface area contributed by atoms with Crippen LogP contribution in [0, 0.1) is 17.0 Å². The molecule has 0 saturated heterocycles. The summed E-state index contributed by atoms with van der Waals surface area (Å²) >= 11 is 0. The molecule has 1 atom stereocenters. The SMILES string of the molecule is Cc1cccc(OCCCN2C(=O)C(c3ccccc3)Oc3ccc([N+](=O)[O-])nc32)c1. The zero-order valence-electron chi connectivity index (χ0n) is 16.9. The monoisotopic (exact) mass is 419 g/mol. The minimum atomic E-state index is -0.838. The summed E-state index contributed by atoms with van der Waals surface area (Å²) in [5, 5.41) is 11.2. The van der Waals surface area contributed by atoms with E-state index in [9.17, 15) is 14.9 Å². The van der Waals surface area contributed by atoms with Crippen LogP contribution in [0.5, 0.6) is 11.5 Å². The number of aromatic nitrogens is 1. The summed E-state index contributed by atoms with van der Waals surface area (Å²) in [6.07, 6.45) is -0.319. The van der Waals surface area contributed by atoms with Crippen LogP contribution in [0.25, 0.3) is 0 Å². The third kappa shape index (κ3) is 4.48. The standard InChI is InChI=1S/C23H21N3O5/c1-16-7-5-10-18(15-16)30-14-6-13-25-22-19(11-12-20(24-22)26(28)29)31-21(23(25)27)17-8-3-2-4-9-17/h2-5,7-12,15,21H,6,13-14H2,1H3.